The first kappa shape index (κ1) is 13.2. The normalized spacial score (nSPS) is 10.0. The number of carbonyl (C=O) groups is 1. The zero-order valence-electron chi connectivity index (χ0n) is 10.1. The number of nitriles is 1. The monoisotopic (exact) mass is 273 g/mol. The van der Waals surface area contributed by atoms with Gasteiger partial charge in [0, 0.05) is 12.3 Å². The van der Waals surface area contributed by atoms with E-state index in [0.717, 1.165) is 16.9 Å². The highest BCUT2D eigenvalue weighted by Crippen LogP contribution is 2.18. The number of carboxylic acid groups (broad SMARTS) is 1. The fourth-order valence-corrected chi connectivity index (χ4v) is 1.59. The van der Waals surface area contributed by atoms with Crippen LogP contribution in [0.15, 0.2) is 18.5 Å². The van der Waals surface area contributed by atoms with Gasteiger partial charge in [-0.15, -0.1) is 0 Å². The maximum absolute atomic E-state index is 10.9. The Labute approximate surface area is 111 Å². The zero-order chi connectivity index (χ0) is 14.9. The number of aromatic carboxylic acids is 1. The largest absolute Gasteiger partial charge is 0.478 e. The number of carboxylic acids is 1. The highest BCUT2D eigenvalue weighted by Gasteiger charge is 2.17. The van der Waals surface area contributed by atoms with E-state index in [1.807, 2.05) is 0 Å². The Kier molecular flexibility index (Phi) is 3.14. The van der Waals surface area contributed by atoms with E-state index in [0.29, 0.717) is 0 Å². The first-order chi connectivity index (χ1) is 9.43. The number of aryl methyl sites for hydroxylation is 1. The van der Waals surface area contributed by atoms with Crippen molar-refractivity contribution < 1.29 is 14.8 Å². The number of nitro groups is 1. The molecule has 0 saturated heterocycles. The van der Waals surface area contributed by atoms with Gasteiger partial charge in [0.2, 0.25) is 0 Å². The number of aromatic nitrogens is 3. The van der Waals surface area contributed by atoms with Crippen molar-refractivity contribution in [2.24, 2.45) is 0 Å². The van der Waals surface area contributed by atoms with Gasteiger partial charge in [0.15, 0.2) is 5.82 Å². The lowest BCUT2D eigenvalue weighted by atomic mass is 10.2. The zero-order valence-corrected chi connectivity index (χ0v) is 10.1. The molecule has 0 saturated carbocycles. The molecule has 0 aliphatic heterocycles. The Morgan fingerprint density at radius 2 is 2.30 bits per heavy atom. The Morgan fingerprint density at radius 3 is 2.80 bits per heavy atom. The summed E-state index contributed by atoms with van der Waals surface area (Å²) in [5, 5.41) is 32.5. The molecule has 100 valence electrons. The molecule has 0 spiro atoms. The molecule has 0 atom stereocenters. The summed E-state index contributed by atoms with van der Waals surface area (Å²) in [6.07, 6.45) is 2.18. The standard InChI is InChI=1S/C11H7N5O4/c1-6-9(11(17)18)5-15(14-6)10-7(3-12)2-8(4-13-10)16(19)20/h2,4-5H,1H3,(H,17,18). The van der Waals surface area contributed by atoms with Crippen LogP contribution >= 0.6 is 0 Å². The number of pyridine rings is 1. The minimum absolute atomic E-state index is 0.0333. The molecule has 2 aromatic heterocycles. The van der Waals surface area contributed by atoms with E-state index < -0.39 is 10.9 Å². The molecule has 0 aliphatic carbocycles. The van der Waals surface area contributed by atoms with Crippen LogP contribution in [-0.4, -0.2) is 30.8 Å². The van der Waals surface area contributed by atoms with Crippen LogP contribution in [0.4, 0.5) is 5.69 Å². The van der Waals surface area contributed by atoms with Crippen LogP contribution in [0.2, 0.25) is 0 Å². The second-order valence-corrected chi connectivity index (χ2v) is 3.81. The maximum atomic E-state index is 10.9. The van der Waals surface area contributed by atoms with Crippen molar-refractivity contribution in [3.8, 4) is 11.9 Å². The Bertz CT molecular complexity index is 759. The van der Waals surface area contributed by atoms with Gasteiger partial charge in [-0.2, -0.15) is 10.4 Å². The van der Waals surface area contributed by atoms with Gasteiger partial charge in [-0.3, -0.25) is 10.1 Å². The third kappa shape index (κ3) is 2.17. The Balaban J connectivity index is 2.59. The van der Waals surface area contributed by atoms with E-state index in [9.17, 15) is 14.9 Å². The van der Waals surface area contributed by atoms with Crippen molar-refractivity contribution >= 4 is 11.7 Å². The molecule has 0 amide bonds. The van der Waals surface area contributed by atoms with Crippen molar-refractivity contribution in [2.45, 2.75) is 6.92 Å². The molecular weight excluding hydrogens is 266 g/mol. The van der Waals surface area contributed by atoms with Crippen LogP contribution in [-0.2, 0) is 0 Å². The van der Waals surface area contributed by atoms with Crippen molar-refractivity contribution in [3.63, 3.8) is 0 Å². The van der Waals surface area contributed by atoms with Gasteiger partial charge in [-0.25, -0.2) is 14.5 Å². The fraction of sp³-hybridized carbons (Fsp3) is 0.0909. The molecule has 0 bridgehead atoms. The molecule has 0 unspecified atom stereocenters. The van der Waals surface area contributed by atoms with Gasteiger partial charge in [0.25, 0.3) is 5.69 Å². The van der Waals surface area contributed by atoms with Crippen LogP contribution < -0.4 is 0 Å². The third-order valence-corrected chi connectivity index (χ3v) is 2.53. The summed E-state index contributed by atoms with van der Waals surface area (Å²) in [5.74, 6) is -1.12. The van der Waals surface area contributed by atoms with E-state index in [1.54, 1.807) is 6.07 Å². The minimum Gasteiger partial charge on any atom is -0.478 e. The van der Waals surface area contributed by atoms with Crippen LogP contribution in [0.1, 0.15) is 21.6 Å². The quantitative estimate of drug-likeness (QED) is 0.652. The molecular formula is C11H7N5O4. The Hall–Kier alpha value is -3.28. The summed E-state index contributed by atoms with van der Waals surface area (Å²) in [6, 6.07) is 2.83. The van der Waals surface area contributed by atoms with Crippen LogP contribution in [0.3, 0.4) is 0 Å². The lowest BCUT2D eigenvalue weighted by Gasteiger charge is -2.01. The van der Waals surface area contributed by atoms with Crippen molar-refractivity contribution in [1.29, 1.82) is 5.26 Å². The highest BCUT2D eigenvalue weighted by atomic mass is 16.6. The lowest BCUT2D eigenvalue weighted by Crippen LogP contribution is -2.03. The summed E-state index contributed by atoms with van der Waals surface area (Å²) >= 11 is 0. The maximum Gasteiger partial charge on any atom is 0.339 e. The van der Waals surface area contributed by atoms with E-state index in [1.165, 1.54) is 13.1 Å². The van der Waals surface area contributed by atoms with E-state index in [-0.39, 0.29) is 28.3 Å². The number of nitrogens with zero attached hydrogens (tertiary/aromatic N) is 5. The van der Waals surface area contributed by atoms with E-state index >= 15 is 0 Å². The summed E-state index contributed by atoms with van der Waals surface area (Å²) in [4.78, 5) is 24.7. The Morgan fingerprint density at radius 1 is 1.60 bits per heavy atom. The molecule has 0 aromatic carbocycles. The summed E-state index contributed by atoms with van der Waals surface area (Å²) < 4.78 is 1.11. The summed E-state index contributed by atoms with van der Waals surface area (Å²) in [7, 11) is 0. The molecule has 1 N–H and O–H groups in total. The smallest absolute Gasteiger partial charge is 0.339 e. The third-order valence-electron chi connectivity index (χ3n) is 2.53. The average Bonchev–Trinajstić information content (AvgIpc) is 2.80. The molecule has 20 heavy (non-hydrogen) atoms. The molecule has 0 fully saturated rings. The van der Waals surface area contributed by atoms with E-state index in [4.69, 9.17) is 10.4 Å². The summed E-state index contributed by atoms with van der Waals surface area (Å²) in [6.45, 7) is 1.50. The first-order valence-electron chi connectivity index (χ1n) is 5.28. The molecule has 2 aromatic rings. The molecule has 9 heteroatoms. The number of rotatable bonds is 3. The van der Waals surface area contributed by atoms with Crippen LogP contribution in [0, 0.1) is 28.4 Å². The average molecular weight is 273 g/mol. The number of hydrogen-bond donors (Lipinski definition) is 1. The second kappa shape index (κ2) is 4.77. The number of hydrogen-bond acceptors (Lipinski definition) is 6. The van der Waals surface area contributed by atoms with Crippen LogP contribution in [0.25, 0.3) is 5.82 Å². The van der Waals surface area contributed by atoms with Crippen molar-refractivity contribution in [2.75, 3.05) is 0 Å². The topological polar surface area (TPSA) is 135 Å². The molecule has 0 radical (unpaired) electrons. The van der Waals surface area contributed by atoms with Crippen molar-refractivity contribution in [1.82, 2.24) is 14.8 Å². The van der Waals surface area contributed by atoms with Gasteiger partial charge in [0.05, 0.1) is 10.6 Å². The molecule has 0 aliphatic rings. The highest BCUT2D eigenvalue weighted by molar-refractivity contribution is 5.88. The van der Waals surface area contributed by atoms with Gasteiger partial charge < -0.3 is 5.11 Å². The van der Waals surface area contributed by atoms with E-state index in [2.05, 4.69) is 10.1 Å². The molecule has 2 rings (SSSR count). The molecule has 9 nitrogen and oxygen atoms in total. The SMILES string of the molecule is Cc1nn(-c2ncc([N+](=O)[O-])cc2C#N)cc1C(=O)O. The van der Waals surface area contributed by atoms with Gasteiger partial charge in [0.1, 0.15) is 23.4 Å². The lowest BCUT2D eigenvalue weighted by molar-refractivity contribution is -0.385. The van der Waals surface area contributed by atoms with Gasteiger partial charge >= 0.3 is 5.97 Å². The predicted molar refractivity (Wildman–Crippen MR) is 64.4 cm³/mol. The van der Waals surface area contributed by atoms with Gasteiger partial charge in [-0.1, -0.05) is 0 Å². The van der Waals surface area contributed by atoms with Gasteiger partial charge in [-0.05, 0) is 6.92 Å². The summed E-state index contributed by atoms with van der Waals surface area (Å²) in [5.41, 5.74) is -0.179. The fourth-order valence-electron chi connectivity index (χ4n) is 1.59. The van der Waals surface area contributed by atoms with Crippen LogP contribution in [0.5, 0.6) is 0 Å². The molecule has 2 heterocycles. The second-order valence-electron chi connectivity index (χ2n) is 3.81. The predicted octanol–water partition coefficient (Wildman–Crippen LogP) is 1.05. The first-order valence-corrected chi connectivity index (χ1v) is 5.28. The minimum atomic E-state index is -1.16. The van der Waals surface area contributed by atoms with Crippen molar-refractivity contribution in [3.05, 3.63) is 45.4 Å².